The SMILES string of the molecule is CC(N)c1ccc(-n2cccc2)cc1.Cl. The topological polar surface area (TPSA) is 30.9 Å². The Morgan fingerprint density at radius 2 is 1.60 bits per heavy atom. The van der Waals surface area contributed by atoms with E-state index >= 15 is 0 Å². The minimum Gasteiger partial charge on any atom is -0.324 e. The van der Waals surface area contributed by atoms with Gasteiger partial charge in [0.05, 0.1) is 0 Å². The fourth-order valence-corrected chi connectivity index (χ4v) is 1.46. The molecule has 0 saturated heterocycles. The number of aromatic nitrogens is 1. The summed E-state index contributed by atoms with van der Waals surface area (Å²) in [6.07, 6.45) is 4.06. The van der Waals surface area contributed by atoms with Crippen molar-refractivity contribution in [2.24, 2.45) is 5.73 Å². The number of hydrogen-bond acceptors (Lipinski definition) is 1. The lowest BCUT2D eigenvalue weighted by molar-refractivity contribution is 0.817. The van der Waals surface area contributed by atoms with Gasteiger partial charge in [-0.15, -0.1) is 12.4 Å². The molecule has 2 rings (SSSR count). The smallest absolute Gasteiger partial charge is 0.0449 e. The van der Waals surface area contributed by atoms with Crippen LogP contribution in [0.2, 0.25) is 0 Å². The van der Waals surface area contributed by atoms with Gasteiger partial charge in [-0.3, -0.25) is 0 Å². The van der Waals surface area contributed by atoms with Crippen LogP contribution in [0, 0.1) is 0 Å². The van der Waals surface area contributed by atoms with Crippen LogP contribution in [0.5, 0.6) is 0 Å². The average molecular weight is 223 g/mol. The van der Waals surface area contributed by atoms with Gasteiger partial charge in [-0.05, 0) is 36.8 Å². The van der Waals surface area contributed by atoms with E-state index in [1.165, 1.54) is 11.3 Å². The van der Waals surface area contributed by atoms with E-state index in [2.05, 4.69) is 28.8 Å². The van der Waals surface area contributed by atoms with Crippen LogP contribution in [0.1, 0.15) is 18.5 Å². The molecular formula is C12H15ClN2. The normalized spacial score (nSPS) is 11.9. The van der Waals surface area contributed by atoms with Gasteiger partial charge in [-0.25, -0.2) is 0 Å². The molecule has 15 heavy (non-hydrogen) atoms. The fraction of sp³-hybridized carbons (Fsp3) is 0.167. The van der Waals surface area contributed by atoms with E-state index in [1.807, 2.05) is 31.5 Å². The number of benzene rings is 1. The minimum atomic E-state index is 0. The highest BCUT2D eigenvalue weighted by molar-refractivity contribution is 5.85. The first-order chi connectivity index (χ1) is 6.77. The van der Waals surface area contributed by atoms with Crippen molar-refractivity contribution in [3.05, 3.63) is 54.4 Å². The molecule has 0 aliphatic heterocycles. The van der Waals surface area contributed by atoms with E-state index in [4.69, 9.17) is 5.73 Å². The van der Waals surface area contributed by atoms with Gasteiger partial charge >= 0.3 is 0 Å². The maximum absolute atomic E-state index is 5.78. The molecule has 0 amide bonds. The minimum absolute atomic E-state index is 0. The van der Waals surface area contributed by atoms with Crippen LogP contribution in [0.4, 0.5) is 0 Å². The fourth-order valence-electron chi connectivity index (χ4n) is 1.46. The predicted octanol–water partition coefficient (Wildman–Crippen LogP) is 2.92. The highest BCUT2D eigenvalue weighted by atomic mass is 35.5. The van der Waals surface area contributed by atoms with Crippen LogP contribution in [-0.4, -0.2) is 4.57 Å². The summed E-state index contributed by atoms with van der Waals surface area (Å²) in [4.78, 5) is 0. The van der Waals surface area contributed by atoms with Gasteiger partial charge < -0.3 is 10.3 Å². The van der Waals surface area contributed by atoms with Gasteiger partial charge in [-0.1, -0.05) is 12.1 Å². The van der Waals surface area contributed by atoms with Gasteiger partial charge in [0, 0.05) is 24.1 Å². The molecule has 0 spiro atoms. The molecule has 1 aromatic carbocycles. The number of nitrogens with zero attached hydrogens (tertiary/aromatic N) is 1. The van der Waals surface area contributed by atoms with Gasteiger partial charge in [0.2, 0.25) is 0 Å². The first kappa shape index (κ1) is 11.8. The second kappa shape index (κ2) is 5.01. The van der Waals surface area contributed by atoms with Crippen molar-refractivity contribution >= 4 is 12.4 Å². The summed E-state index contributed by atoms with van der Waals surface area (Å²) >= 11 is 0. The molecule has 1 atom stereocenters. The van der Waals surface area contributed by atoms with E-state index in [-0.39, 0.29) is 18.4 Å². The molecule has 0 radical (unpaired) electrons. The van der Waals surface area contributed by atoms with Crippen molar-refractivity contribution in [2.45, 2.75) is 13.0 Å². The largest absolute Gasteiger partial charge is 0.324 e. The molecule has 80 valence electrons. The zero-order valence-electron chi connectivity index (χ0n) is 8.63. The standard InChI is InChI=1S/C12H14N2.ClH/c1-10(13)11-4-6-12(7-5-11)14-8-2-3-9-14;/h2-10H,13H2,1H3;1H. The van der Waals surface area contributed by atoms with Crippen molar-refractivity contribution in [1.82, 2.24) is 4.57 Å². The molecular weight excluding hydrogens is 208 g/mol. The maximum atomic E-state index is 5.78. The second-order valence-electron chi connectivity index (χ2n) is 3.47. The Morgan fingerprint density at radius 1 is 1.07 bits per heavy atom. The van der Waals surface area contributed by atoms with E-state index in [9.17, 15) is 0 Å². The lowest BCUT2D eigenvalue weighted by Crippen LogP contribution is -2.04. The van der Waals surface area contributed by atoms with E-state index < -0.39 is 0 Å². The van der Waals surface area contributed by atoms with Gasteiger partial charge in [0.25, 0.3) is 0 Å². The Bertz CT molecular complexity index is 390. The van der Waals surface area contributed by atoms with Gasteiger partial charge in [-0.2, -0.15) is 0 Å². The van der Waals surface area contributed by atoms with Gasteiger partial charge in [0.1, 0.15) is 0 Å². The predicted molar refractivity (Wildman–Crippen MR) is 65.6 cm³/mol. The van der Waals surface area contributed by atoms with Crippen LogP contribution in [0.25, 0.3) is 5.69 Å². The van der Waals surface area contributed by atoms with E-state index in [0.29, 0.717) is 0 Å². The third-order valence-electron chi connectivity index (χ3n) is 2.32. The summed E-state index contributed by atoms with van der Waals surface area (Å²) in [6, 6.07) is 12.4. The molecule has 0 bridgehead atoms. The Hall–Kier alpha value is -1.25. The Kier molecular flexibility index (Phi) is 3.95. The van der Waals surface area contributed by atoms with Crippen LogP contribution in [0.15, 0.2) is 48.8 Å². The van der Waals surface area contributed by atoms with E-state index in [1.54, 1.807) is 0 Å². The monoisotopic (exact) mass is 222 g/mol. The van der Waals surface area contributed by atoms with Crippen LogP contribution in [0.3, 0.4) is 0 Å². The summed E-state index contributed by atoms with van der Waals surface area (Å²) in [6.45, 7) is 1.99. The molecule has 0 aliphatic carbocycles. The molecule has 2 nitrogen and oxygen atoms in total. The second-order valence-corrected chi connectivity index (χ2v) is 3.47. The molecule has 1 unspecified atom stereocenters. The van der Waals surface area contributed by atoms with Crippen LogP contribution in [-0.2, 0) is 0 Å². The Labute approximate surface area is 96.1 Å². The molecule has 1 heterocycles. The zero-order valence-corrected chi connectivity index (χ0v) is 9.45. The summed E-state index contributed by atoms with van der Waals surface area (Å²) in [5.74, 6) is 0. The van der Waals surface area contributed by atoms with Crippen molar-refractivity contribution in [2.75, 3.05) is 0 Å². The lowest BCUT2D eigenvalue weighted by Gasteiger charge is -2.07. The third kappa shape index (κ3) is 2.61. The number of halogens is 1. The highest BCUT2D eigenvalue weighted by Gasteiger charge is 1.99. The molecule has 2 aromatic rings. The van der Waals surface area contributed by atoms with Gasteiger partial charge in [0.15, 0.2) is 0 Å². The highest BCUT2D eigenvalue weighted by Crippen LogP contribution is 2.13. The molecule has 2 N–H and O–H groups in total. The van der Waals surface area contributed by atoms with Crippen LogP contribution >= 0.6 is 12.4 Å². The molecule has 1 aromatic heterocycles. The Morgan fingerprint density at radius 3 is 2.07 bits per heavy atom. The summed E-state index contributed by atoms with van der Waals surface area (Å²) in [5.41, 5.74) is 8.11. The molecule has 0 fully saturated rings. The van der Waals surface area contributed by atoms with Crippen molar-refractivity contribution in [3.63, 3.8) is 0 Å². The quantitative estimate of drug-likeness (QED) is 0.832. The van der Waals surface area contributed by atoms with Crippen molar-refractivity contribution < 1.29 is 0 Å². The molecule has 3 heteroatoms. The summed E-state index contributed by atoms with van der Waals surface area (Å²) < 4.78 is 2.07. The average Bonchev–Trinajstić information content (AvgIpc) is 2.71. The van der Waals surface area contributed by atoms with Crippen LogP contribution < -0.4 is 5.73 Å². The first-order valence-electron chi connectivity index (χ1n) is 4.76. The summed E-state index contributed by atoms with van der Waals surface area (Å²) in [7, 11) is 0. The number of rotatable bonds is 2. The zero-order chi connectivity index (χ0) is 9.97. The first-order valence-corrected chi connectivity index (χ1v) is 4.76. The van der Waals surface area contributed by atoms with Crippen molar-refractivity contribution in [3.8, 4) is 5.69 Å². The third-order valence-corrected chi connectivity index (χ3v) is 2.32. The molecule has 0 saturated carbocycles. The number of nitrogens with two attached hydrogens (primary N) is 1. The van der Waals surface area contributed by atoms with E-state index in [0.717, 1.165) is 0 Å². The van der Waals surface area contributed by atoms with Crippen molar-refractivity contribution in [1.29, 1.82) is 0 Å². The maximum Gasteiger partial charge on any atom is 0.0449 e. The Balaban J connectivity index is 0.00000112. The number of hydrogen-bond donors (Lipinski definition) is 1. The summed E-state index contributed by atoms with van der Waals surface area (Å²) in [5, 5.41) is 0. The molecule has 0 aliphatic rings. The lowest BCUT2D eigenvalue weighted by atomic mass is 10.1.